The molecule has 2 amide bonds. The third-order valence-electron chi connectivity index (χ3n) is 5.55. The number of methoxy groups -OCH3 is 1. The van der Waals surface area contributed by atoms with Crippen LogP contribution in [0.25, 0.3) is 0 Å². The van der Waals surface area contributed by atoms with Crippen LogP contribution in [0.2, 0.25) is 5.02 Å². The number of rotatable bonds is 6. The Morgan fingerprint density at radius 1 is 1.25 bits per heavy atom. The van der Waals surface area contributed by atoms with Gasteiger partial charge >= 0.3 is 0 Å². The summed E-state index contributed by atoms with van der Waals surface area (Å²) >= 11 is 6.12. The second-order valence-electron chi connectivity index (χ2n) is 7.38. The molecule has 4 rings (SSSR count). The minimum atomic E-state index is -1.24. The van der Waals surface area contributed by atoms with E-state index in [1.54, 1.807) is 42.5 Å². The lowest BCUT2D eigenvalue weighted by Crippen LogP contribution is -2.44. The summed E-state index contributed by atoms with van der Waals surface area (Å²) in [6.45, 7) is 0. The molecule has 1 aromatic heterocycles. The van der Waals surface area contributed by atoms with Crippen LogP contribution in [-0.2, 0) is 11.2 Å². The average molecular weight is 455 g/mol. The SMILES string of the molecule is COc1ccccc1C(=O)N([C@@H]1CCc2c(F)cc(Cl)cc21)[C@@H](C(N)=O)c1cccnn1. The van der Waals surface area contributed by atoms with Gasteiger partial charge in [0.15, 0.2) is 6.04 Å². The number of halogens is 2. The van der Waals surface area contributed by atoms with Gasteiger partial charge in [-0.05, 0) is 60.4 Å². The van der Waals surface area contributed by atoms with Crippen LogP contribution in [0.3, 0.4) is 0 Å². The van der Waals surface area contributed by atoms with Crippen molar-refractivity contribution >= 4 is 23.4 Å². The van der Waals surface area contributed by atoms with Crippen molar-refractivity contribution in [3.05, 3.63) is 88.0 Å². The summed E-state index contributed by atoms with van der Waals surface area (Å²) in [5.74, 6) is -1.41. The highest BCUT2D eigenvalue weighted by Crippen LogP contribution is 2.43. The molecule has 9 heteroatoms. The lowest BCUT2D eigenvalue weighted by Gasteiger charge is -2.35. The highest BCUT2D eigenvalue weighted by molar-refractivity contribution is 6.30. The first kappa shape index (κ1) is 21.7. The molecule has 0 saturated carbocycles. The largest absolute Gasteiger partial charge is 0.496 e. The Morgan fingerprint density at radius 3 is 2.72 bits per heavy atom. The van der Waals surface area contributed by atoms with E-state index in [0.29, 0.717) is 29.7 Å². The van der Waals surface area contributed by atoms with Crippen molar-refractivity contribution in [3.8, 4) is 5.75 Å². The molecule has 1 heterocycles. The van der Waals surface area contributed by atoms with Crippen LogP contribution in [0.5, 0.6) is 5.75 Å². The molecule has 0 unspecified atom stereocenters. The molecule has 2 N–H and O–H groups in total. The summed E-state index contributed by atoms with van der Waals surface area (Å²) < 4.78 is 20.0. The molecule has 164 valence electrons. The molecule has 0 bridgehead atoms. The fourth-order valence-corrected chi connectivity index (χ4v) is 4.41. The Bertz CT molecular complexity index is 1180. The fraction of sp³-hybridized carbons (Fsp3) is 0.217. The van der Waals surface area contributed by atoms with Crippen molar-refractivity contribution in [3.63, 3.8) is 0 Å². The van der Waals surface area contributed by atoms with E-state index in [4.69, 9.17) is 22.1 Å². The quantitative estimate of drug-likeness (QED) is 0.613. The van der Waals surface area contributed by atoms with Gasteiger partial charge < -0.3 is 15.4 Å². The van der Waals surface area contributed by atoms with E-state index in [9.17, 15) is 14.0 Å². The van der Waals surface area contributed by atoms with Crippen molar-refractivity contribution in [2.75, 3.05) is 7.11 Å². The zero-order valence-corrected chi connectivity index (χ0v) is 17.9. The summed E-state index contributed by atoms with van der Waals surface area (Å²) in [4.78, 5) is 27.9. The third kappa shape index (κ3) is 3.89. The lowest BCUT2D eigenvalue weighted by atomic mass is 10.00. The molecule has 1 aliphatic carbocycles. The number of amides is 2. The predicted molar refractivity (Wildman–Crippen MR) is 116 cm³/mol. The van der Waals surface area contributed by atoms with Crippen LogP contribution >= 0.6 is 11.6 Å². The number of primary amides is 1. The summed E-state index contributed by atoms with van der Waals surface area (Å²) in [6.07, 6.45) is 2.22. The molecular formula is C23H20ClFN4O3. The number of hydrogen-bond donors (Lipinski definition) is 1. The summed E-state index contributed by atoms with van der Waals surface area (Å²) in [7, 11) is 1.45. The monoisotopic (exact) mass is 454 g/mol. The first-order chi connectivity index (χ1) is 15.4. The number of fused-ring (bicyclic) bond motifs is 1. The number of carbonyl (C=O) groups excluding carboxylic acids is 2. The molecular weight excluding hydrogens is 435 g/mol. The van der Waals surface area contributed by atoms with Gasteiger partial charge in [-0.15, -0.1) is 0 Å². The Morgan fingerprint density at radius 2 is 2.03 bits per heavy atom. The number of ether oxygens (including phenoxy) is 1. The highest BCUT2D eigenvalue weighted by atomic mass is 35.5. The Hall–Kier alpha value is -3.52. The number of para-hydroxylation sites is 1. The second-order valence-corrected chi connectivity index (χ2v) is 7.81. The van der Waals surface area contributed by atoms with Gasteiger partial charge in [-0.1, -0.05) is 23.7 Å². The molecule has 7 nitrogen and oxygen atoms in total. The molecule has 0 saturated heterocycles. The second kappa shape index (κ2) is 8.92. The number of nitrogens with two attached hydrogens (primary N) is 1. The van der Waals surface area contributed by atoms with Gasteiger partial charge in [-0.25, -0.2) is 4.39 Å². The average Bonchev–Trinajstić information content (AvgIpc) is 3.20. The Kier molecular flexibility index (Phi) is 6.05. The number of aromatic nitrogens is 2. The van der Waals surface area contributed by atoms with Crippen LogP contribution in [0.15, 0.2) is 54.7 Å². The zero-order chi connectivity index (χ0) is 22.8. The van der Waals surface area contributed by atoms with Crippen molar-refractivity contribution < 1.29 is 18.7 Å². The summed E-state index contributed by atoms with van der Waals surface area (Å²) in [6, 6.07) is 10.8. The van der Waals surface area contributed by atoms with Gasteiger partial charge in [0.25, 0.3) is 5.91 Å². The van der Waals surface area contributed by atoms with Crippen molar-refractivity contribution in [1.29, 1.82) is 0 Å². The smallest absolute Gasteiger partial charge is 0.259 e. The molecule has 0 radical (unpaired) electrons. The molecule has 2 atom stereocenters. The zero-order valence-electron chi connectivity index (χ0n) is 17.2. The molecule has 0 aliphatic heterocycles. The van der Waals surface area contributed by atoms with Crippen LogP contribution in [0, 0.1) is 5.82 Å². The number of benzene rings is 2. The van der Waals surface area contributed by atoms with E-state index in [-0.39, 0.29) is 16.3 Å². The maximum atomic E-state index is 14.6. The maximum Gasteiger partial charge on any atom is 0.259 e. The van der Waals surface area contributed by atoms with Crippen molar-refractivity contribution in [2.45, 2.75) is 24.9 Å². The minimum Gasteiger partial charge on any atom is -0.496 e. The molecule has 3 aromatic rings. The molecule has 0 spiro atoms. The standard InChI is InChI=1S/C23H20ClFN4O3/c1-32-20-7-3-2-5-15(20)23(31)29(21(22(26)30)18-6-4-10-27-28-18)19-9-8-14-16(19)11-13(24)12-17(14)25/h2-7,10-12,19,21H,8-9H2,1H3,(H2,26,30)/t19-,21-/m1/s1. The Labute approximate surface area is 189 Å². The van der Waals surface area contributed by atoms with Gasteiger partial charge in [0, 0.05) is 11.2 Å². The maximum absolute atomic E-state index is 14.6. The number of carbonyl (C=O) groups is 2. The van der Waals surface area contributed by atoms with Crippen LogP contribution < -0.4 is 10.5 Å². The first-order valence-corrected chi connectivity index (χ1v) is 10.3. The molecule has 0 fully saturated rings. The van der Waals surface area contributed by atoms with E-state index in [1.165, 1.54) is 24.3 Å². The van der Waals surface area contributed by atoms with Gasteiger partial charge in [0.05, 0.1) is 24.4 Å². The van der Waals surface area contributed by atoms with Gasteiger partial charge in [0.2, 0.25) is 5.91 Å². The Balaban J connectivity index is 1.91. The predicted octanol–water partition coefficient (Wildman–Crippen LogP) is 3.63. The van der Waals surface area contributed by atoms with Crippen molar-refractivity contribution in [1.82, 2.24) is 15.1 Å². The highest BCUT2D eigenvalue weighted by Gasteiger charge is 2.41. The summed E-state index contributed by atoms with van der Waals surface area (Å²) in [5.41, 5.74) is 7.21. The van der Waals surface area contributed by atoms with E-state index in [1.807, 2.05) is 0 Å². The van der Waals surface area contributed by atoms with Crippen LogP contribution in [-0.4, -0.2) is 34.0 Å². The van der Waals surface area contributed by atoms with E-state index in [0.717, 1.165) is 0 Å². The van der Waals surface area contributed by atoms with E-state index < -0.39 is 29.7 Å². The minimum absolute atomic E-state index is 0.202. The first-order valence-electron chi connectivity index (χ1n) is 9.92. The van der Waals surface area contributed by atoms with E-state index >= 15 is 0 Å². The van der Waals surface area contributed by atoms with Gasteiger partial charge in [-0.2, -0.15) is 10.2 Å². The van der Waals surface area contributed by atoms with Gasteiger partial charge in [0.1, 0.15) is 11.6 Å². The number of hydrogen-bond acceptors (Lipinski definition) is 5. The molecule has 1 aliphatic rings. The van der Waals surface area contributed by atoms with E-state index in [2.05, 4.69) is 10.2 Å². The lowest BCUT2D eigenvalue weighted by molar-refractivity contribution is -0.123. The molecule has 32 heavy (non-hydrogen) atoms. The van der Waals surface area contributed by atoms with Crippen LogP contribution in [0.1, 0.15) is 45.7 Å². The molecule has 2 aromatic carbocycles. The normalized spacial score (nSPS) is 15.7. The number of nitrogens with zero attached hydrogens (tertiary/aromatic N) is 3. The third-order valence-corrected chi connectivity index (χ3v) is 5.77. The van der Waals surface area contributed by atoms with Crippen LogP contribution in [0.4, 0.5) is 4.39 Å². The van der Waals surface area contributed by atoms with Crippen molar-refractivity contribution in [2.24, 2.45) is 5.73 Å². The summed E-state index contributed by atoms with van der Waals surface area (Å²) in [5, 5.41) is 8.06. The van der Waals surface area contributed by atoms with Gasteiger partial charge in [-0.3, -0.25) is 9.59 Å². The fourth-order valence-electron chi connectivity index (χ4n) is 4.19. The topological polar surface area (TPSA) is 98.4 Å².